The smallest absolute Gasteiger partial charge is 0.255 e. The molecular weight excluding hydrogens is 491 g/mol. The molecule has 0 spiro atoms. The monoisotopic (exact) mass is 504 g/mol. The molecule has 0 aliphatic heterocycles. The molecule has 0 aliphatic rings. The van der Waals surface area contributed by atoms with E-state index in [1.165, 1.54) is 0 Å². The van der Waals surface area contributed by atoms with Gasteiger partial charge < -0.3 is 5.32 Å². The van der Waals surface area contributed by atoms with Gasteiger partial charge in [0.15, 0.2) is 0 Å². The van der Waals surface area contributed by atoms with Crippen LogP contribution in [0.25, 0.3) is 20.8 Å². The molecule has 3 aromatic carbocycles. The lowest BCUT2D eigenvalue weighted by Gasteiger charge is -2.11. The Balaban J connectivity index is 1.73. The molecule has 1 N–H and O–H groups in total. The van der Waals surface area contributed by atoms with Crippen LogP contribution in [0.2, 0.25) is 5.02 Å². The first-order valence-electron chi connectivity index (χ1n) is 8.24. The van der Waals surface area contributed by atoms with Crippen LogP contribution >= 0.6 is 45.5 Å². The van der Waals surface area contributed by atoms with Crippen molar-refractivity contribution < 1.29 is 4.79 Å². The van der Waals surface area contributed by atoms with Crippen molar-refractivity contribution in [2.24, 2.45) is 0 Å². The van der Waals surface area contributed by atoms with Crippen LogP contribution in [0.1, 0.15) is 15.9 Å². The maximum atomic E-state index is 12.7. The van der Waals surface area contributed by atoms with E-state index in [2.05, 4.69) is 34.0 Å². The van der Waals surface area contributed by atoms with E-state index in [-0.39, 0.29) is 5.91 Å². The number of fused-ring (bicyclic) bond motifs is 1. The lowest BCUT2D eigenvalue weighted by atomic mass is 10.1. The van der Waals surface area contributed by atoms with E-state index < -0.39 is 0 Å². The summed E-state index contributed by atoms with van der Waals surface area (Å²) in [6.45, 7) is 1.91. The van der Waals surface area contributed by atoms with Gasteiger partial charge in [-0.2, -0.15) is 0 Å². The summed E-state index contributed by atoms with van der Waals surface area (Å²) >= 11 is 10.0. The minimum absolute atomic E-state index is 0.194. The van der Waals surface area contributed by atoms with E-state index in [1.54, 1.807) is 23.5 Å². The van der Waals surface area contributed by atoms with E-state index in [1.807, 2.05) is 49.4 Å². The van der Waals surface area contributed by atoms with Crippen molar-refractivity contribution in [1.82, 2.24) is 4.98 Å². The van der Waals surface area contributed by atoms with Crippen LogP contribution in [0.15, 0.2) is 60.7 Å². The number of halogens is 2. The van der Waals surface area contributed by atoms with Crippen molar-refractivity contribution in [3.05, 3.63) is 80.4 Å². The van der Waals surface area contributed by atoms with Crippen molar-refractivity contribution >= 4 is 67.3 Å². The molecule has 134 valence electrons. The van der Waals surface area contributed by atoms with Gasteiger partial charge in [-0.15, -0.1) is 11.3 Å². The molecule has 6 heteroatoms. The fourth-order valence-electron chi connectivity index (χ4n) is 2.72. The molecule has 0 radical (unpaired) electrons. The van der Waals surface area contributed by atoms with Gasteiger partial charge in [0.25, 0.3) is 5.91 Å². The number of amides is 1. The number of anilines is 1. The molecular formula is C21H14ClIN2OS. The Kier molecular flexibility index (Phi) is 5.16. The topological polar surface area (TPSA) is 42.0 Å². The quantitative estimate of drug-likeness (QED) is 0.312. The van der Waals surface area contributed by atoms with E-state index in [4.69, 9.17) is 16.6 Å². The lowest BCUT2D eigenvalue weighted by molar-refractivity contribution is 0.102. The van der Waals surface area contributed by atoms with Gasteiger partial charge in [-0.1, -0.05) is 29.8 Å². The number of aryl methyl sites for hydroxylation is 1. The van der Waals surface area contributed by atoms with Crippen molar-refractivity contribution in [2.45, 2.75) is 6.92 Å². The second kappa shape index (κ2) is 7.58. The summed E-state index contributed by atoms with van der Waals surface area (Å²) in [4.78, 5) is 17.5. The van der Waals surface area contributed by atoms with Crippen molar-refractivity contribution in [2.75, 3.05) is 5.32 Å². The summed E-state index contributed by atoms with van der Waals surface area (Å²) in [6.07, 6.45) is 0. The number of nitrogens with one attached hydrogen (secondary N) is 1. The fraction of sp³-hybridized carbons (Fsp3) is 0.0476. The first kappa shape index (κ1) is 18.4. The van der Waals surface area contributed by atoms with Crippen LogP contribution in [0, 0.1) is 10.5 Å². The number of carbonyl (C=O) groups is 1. The molecule has 1 heterocycles. The van der Waals surface area contributed by atoms with Crippen LogP contribution in [0.3, 0.4) is 0 Å². The second-order valence-corrected chi connectivity index (χ2v) is 8.78. The van der Waals surface area contributed by atoms with E-state index in [0.29, 0.717) is 10.6 Å². The van der Waals surface area contributed by atoms with E-state index in [0.717, 1.165) is 35.6 Å². The number of rotatable bonds is 3. The summed E-state index contributed by atoms with van der Waals surface area (Å²) in [5, 5.41) is 4.47. The van der Waals surface area contributed by atoms with E-state index >= 15 is 0 Å². The number of thiazole rings is 1. The Hall–Kier alpha value is -1.96. The molecule has 27 heavy (non-hydrogen) atoms. The Morgan fingerprint density at radius 1 is 1.11 bits per heavy atom. The summed E-state index contributed by atoms with van der Waals surface area (Å²) in [5.74, 6) is -0.194. The Labute approximate surface area is 179 Å². The number of benzene rings is 3. The molecule has 1 aromatic heterocycles. The highest BCUT2D eigenvalue weighted by atomic mass is 127. The lowest BCUT2D eigenvalue weighted by Crippen LogP contribution is -2.12. The number of hydrogen-bond donors (Lipinski definition) is 1. The summed E-state index contributed by atoms with van der Waals surface area (Å²) in [7, 11) is 0. The Morgan fingerprint density at radius 2 is 1.93 bits per heavy atom. The van der Waals surface area contributed by atoms with Crippen LogP contribution in [0.4, 0.5) is 5.69 Å². The summed E-state index contributed by atoms with van der Waals surface area (Å²) in [5.41, 5.74) is 4.07. The Bertz CT molecular complexity index is 1140. The first-order valence-corrected chi connectivity index (χ1v) is 10.5. The average Bonchev–Trinajstić information content (AvgIpc) is 3.09. The van der Waals surface area contributed by atoms with Gasteiger partial charge in [0, 0.05) is 19.7 Å². The zero-order valence-electron chi connectivity index (χ0n) is 14.3. The third-order valence-electron chi connectivity index (χ3n) is 4.19. The summed E-state index contributed by atoms with van der Waals surface area (Å²) in [6, 6.07) is 19.3. The Morgan fingerprint density at radius 3 is 2.70 bits per heavy atom. The molecule has 0 saturated carbocycles. The zero-order valence-corrected chi connectivity index (χ0v) is 18.0. The minimum Gasteiger partial charge on any atom is -0.321 e. The third kappa shape index (κ3) is 3.85. The fourth-order valence-corrected chi connectivity index (χ4v) is 4.39. The normalized spacial score (nSPS) is 10.9. The van der Waals surface area contributed by atoms with Crippen LogP contribution < -0.4 is 5.32 Å². The third-order valence-corrected chi connectivity index (χ3v) is 6.34. The van der Waals surface area contributed by atoms with Gasteiger partial charge in [-0.25, -0.2) is 4.98 Å². The van der Waals surface area contributed by atoms with Gasteiger partial charge in [0.1, 0.15) is 5.01 Å². The van der Waals surface area contributed by atoms with Gasteiger partial charge in [-0.05, 0) is 77.5 Å². The minimum atomic E-state index is -0.194. The molecule has 3 nitrogen and oxygen atoms in total. The molecule has 0 bridgehead atoms. The highest BCUT2D eigenvalue weighted by molar-refractivity contribution is 14.1. The number of aromatic nitrogens is 1. The molecule has 0 unspecified atom stereocenters. The molecule has 1 amide bonds. The van der Waals surface area contributed by atoms with Crippen molar-refractivity contribution in [1.29, 1.82) is 0 Å². The van der Waals surface area contributed by atoms with Gasteiger partial charge in [-0.3, -0.25) is 4.79 Å². The molecule has 0 atom stereocenters. The SMILES string of the molecule is Cc1ccc(C(=O)Nc2ccc(I)cc2-c2nc3ccccc3s2)cc1Cl. The molecule has 0 aliphatic carbocycles. The summed E-state index contributed by atoms with van der Waals surface area (Å²) < 4.78 is 2.20. The van der Waals surface area contributed by atoms with Gasteiger partial charge >= 0.3 is 0 Å². The predicted molar refractivity (Wildman–Crippen MR) is 122 cm³/mol. The van der Waals surface area contributed by atoms with Crippen molar-refractivity contribution in [3.63, 3.8) is 0 Å². The number of hydrogen-bond acceptors (Lipinski definition) is 3. The molecule has 0 fully saturated rings. The maximum absolute atomic E-state index is 12.7. The van der Waals surface area contributed by atoms with Gasteiger partial charge in [0.2, 0.25) is 0 Å². The largest absolute Gasteiger partial charge is 0.321 e. The maximum Gasteiger partial charge on any atom is 0.255 e. The predicted octanol–water partition coefficient (Wildman–Crippen LogP) is 6.78. The molecule has 4 aromatic rings. The zero-order chi connectivity index (χ0) is 19.0. The molecule has 4 rings (SSSR count). The van der Waals surface area contributed by atoms with Crippen LogP contribution in [0.5, 0.6) is 0 Å². The standard InChI is InChI=1S/C21H14ClIN2OS/c1-12-6-7-13(10-16(12)22)20(26)24-17-9-8-14(23)11-15(17)21-25-18-4-2-3-5-19(18)27-21/h2-11H,1H3,(H,24,26). The average molecular weight is 505 g/mol. The second-order valence-electron chi connectivity index (χ2n) is 6.09. The molecule has 0 saturated heterocycles. The van der Waals surface area contributed by atoms with Gasteiger partial charge in [0.05, 0.1) is 15.9 Å². The highest BCUT2D eigenvalue weighted by Gasteiger charge is 2.15. The number of para-hydroxylation sites is 1. The van der Waals surface area contributed by atoms with Crippen LogP contribution in [-0.2, 0) is 0 Å². The number of carbonyl (C=O) groups excluding carboxylic acids is 1. The highest BCUT2D eigenvalue weighted by Crippen LogP contribution is 2.35. The van der Waals surface area contributed by atoms with Crippen molar-refractivity contribution in [3.8, 4) is 10.6 Å². The van der Waals surface area contributed by atoms with Crippen LogP contribution in [-0.4, -0.2) is 10.9 Å². The first-order chi connectivity index (χ1) is 13.0. The number of nitrogens with zero attached hydrogens (tertiary/aromatic N) is 1. The van der Waals surface area contributed by atoms with E-state index in [9.17, 15) is 4.79 Å².